The molecule has 1 heterocycles. The summed E-state index contributed by atoms with van der Waals surface area (Å²) in [6.07, 6.45) is 8.18. The standard InChI is InChI=1S/C29H37FN2O3/c1-2-18-31-19-9-3-4-10-20-32(28(33)22-12-11-13-23(30)21-22)25-15-6-8-17-27(25)35-26-16-7-5-14-24(26)29(31)34/h5,7,11-14,16,21,25,27H,2-4,6,8-10,15,17-20H2,1H3/t25-,27+/m1/s1. The summed E-state index contributed by atoms with van der Waals surface area (Å²) in [7, 11) is 0. The second kappa shape index (κ2) is 12.2. The summed E-state index contributed by atoms with van der Waals surface area (Å²) in [5, 5.41) is 0. The number of rotatable bonds is 3. The van der Waals surface area contributed by atoms with Gasteiger partial charge in [-0.05, 0) is 68.9 Å². The number of fused-ring (bicyclic) bond motifs is 2. The molecule has 2 aromatic carbocycles. The molecule has 4 rings (SSSR count). The van der Waals surface area contributed by atoms with Gasteiger partial charge in [-0.1, -0.05) is 44.4 Å². The van der Waals surface area contributed by atoms with E-state index in [2.05, 4.69) is 6.92 Å². The van der Waals surface area contributed by atoms with Gasteiger partial charge in [0.1, 0.15) is 17.7 Å². The molecule has 6 heteroatoms. The third-order valence-corrected chi connectivity index (χ3v) is 7.15. The number of carbonyl (C=O) groups excluding carboxylic acids is 2. The first kappa shape index (κ1) is 25.2. The maximum atomic E-state index is 13.9. The van der Waals surface area contributed by atoms with E-state index in [4.69, 9.17) is 4.74 Å². The van der Waals surface area contributed by atoms with Crippen molar-refractivity contribution in [2.45, 2.75) is 76.9 Å². The van der Waals surface area contributed by atoms with Crippen LogP contribution in [0.1, 0.15) is 85.4 Å². The highest BCUT2D eigenvalue weighted by Gasteiger charge is 2.35. The molecule has 1 saturated carbocycles. The maximum absolute atomic E-state index is 13.9. The fourth-order valence-electron chi connectivity index (χ4n) is 5.38. The van der Waals surface area contributed by atoms with Crippen molar-refractivity contribution in [3.8, 4) is 5.75 Å². The summed E-state index contributed by atoms with van der Waals surface area (Å²) < 4.78 is 20.5. The highest BCUT2D eigenvalue weighted by Crippen LogP contribution is 2.31. The van der Waals surface area contributed by atoms with E-state index < -0.39 is 5.82 Å². The van der Waals surface area contributed by atoms with Gasteiger partial charge in [-0.2, -0.15) is 0 Å². The first-order valence-electron chi connectivity index (χ1n) is 13.2. The molecule has 0 saturated heterocycles. The Morgan fingerprint density at radius 2 is 1.74 bits per heavy atom. The molecule has 2 aromatic rings. The van der Waals surface area contributed by atoms with Gasteiger partial charge in [0.05, 0.1) is 11.6 Å². The molecule has 0 N–H and O–H groups in total. The number of nitrogens with zero attached hydrogens (tertiary/aromatic N) is 2. The summed E-state index contributed by atoms with van der Waals surface area (Å²) in [6, 6.07) is 13.3. The van der Waals surface area contributed by atoms with Crippen LogP contribution in [0.3, 0.4) is 0 Å². The largest absolute Gasteiger partial charge is 0.487 e. The molecule has 0 bridgehead atoms. The van der Waals surface area contributed by atoms with Crippen molar-refractivity contribution in [2.75, 3.05) is 19.6 Å². The number of hydrogen-bond donors (Lipinski definition) is 0. The van der Waals surface area contributed by atoms with Crippen LogP contribution in [0.4, 0.5) is 4.39 Å². The number of hydrogen-bond acceptors (Lipinski definition) is 3. The second-order valence-corrected chi connectivity index (χ2v) is 9.72. The molecule has 1 aliphatic heterocycles. The topological polar surface area (TPSA) is 49.9 Å². The van der Waals surface area contributed by atoms with Gasteiger partial charge in [-0.3, -0.25) is 9.59 Å². The SMILES string of the molecule is CCCN1CCCCCCN(C(=O)c2cccc(F)c2)[C@@H]2CCCC[C@@H]2Oc2ccccc2C1=O. The van der Waals surface area contributed by atoms with Crippen LogP contribution in [-0.2, 0) is 0 Å². The average molecular weight is 481 g/mol. The lowest BCUT2D eigenvalue weighted by molar-refractivity contribution is 0.0266. The molecule has 0 unspecified atom stereocenters. The Morgan fingerprint density at radius 1 is 0.971 bits per heavy atom. The van der Waals surface area contributed by atoms with Crippen molar-refractivity contribution in [1.82, 2.24) is 9.80 Å². The Bertz CT molecular complexity index is 1010. The zero-order chi connectivity index (χ0) is 24.6. The predicted molar refractivity (Wildman–Crippen MR) is 135 cm³/mol. The van der Waals surface area contributed by atoms with E-state index in [9.17, 15) is 14.0 Å². The fourth-order valence-corrected chi connectivity index (χ4v) is 5.38. The van der Waals surface area contributed by atoms with Gasteiger partial charge in [0.15, 0.2) is 0 Å². The first-order valence-corrected chi connectivity index (χ1v) is 13.2. The van der Waals surface area contributed by atoms with Gasteiger partial charge in [-0.15, -0.1) is 0 Å². The molecule has 35 heavy (non-hydrogen) atoms. The van der Waals surface area contributed by atoms with Crippen molar-refractivity contribution in [2.24, 2.45) is 0 Å². The molecule has 0 aromatic heterocycles. The molecule has 2 amide bonds. The number of benzene rings is 2. The highest BCUT2D eigenvalue weighted by molar-refractivity contribution is 5.97. The maximum Gasteiger partial charge on any atom is 0.257 e. The van der Waals surface area contributed by atoms with Crippen LogP contribution in [0.2, 0.25) is 0 Å². The molecule has 2 atom stereocenters. The fraction of sp³-hybridized carbons (Fsp3) is 0.517. The number of amides is 2. The van der Waals surface area contributed by atoms with Gasteiger partial charge in [0.25, 0.3) is 11.8 Å². The van der Waals surface area contributed by atoms with Crippen LogP contribution in [0, 0.1) is 5.82 Å². The third-order valence-electron chi connectivity index (χ3n) is 7.15. The van der Waals surface area contributed by atoms with E-state index in [1.54, 1.807) is 12.1 Å². The molecule has 1 fully saturated rings. The molecular weight excluding hydrogens is 443 g/mol. The molecule has 5 nitrogen and oxygen atoms in total. The quantitative estimate of drug-likeness (QED) is 0.535. The van der Waals surface area contributed by atoms with Gasteiger partial charge >= 0.3 is 0 Å². The van der Waals surface area contributed by atoms with Gasteiger partial charge in [-0.25, -0.2) is 4.39 Å². The van der Waals surface area contributed by atoms with E-state index in [0.29, 0.717) is 23.4 Å². The summed E-state index contributed by atoms with van der Waals surface area (Å²) in [4.78, 5) is 31.0. The molecule has 0 radical (unpaired) electrons. The molecule has 0 spiro atoms. The van der Waals surface area contributed by atoms with Crippen molar-refractivity contribution in [3.63, 3.8) is 0 Å². The Balaban J connectivity index is 1.67. The Hall–Kier alpha value is -2.89. The lowest BCUT2D eigenvalue weighted by atomic mass is 9.90. The van der Waals surface area contributed by atoms with Gasteiger partial charge in [0.2, 0.25) is 0 Å². The lowest BCUT2D eigenvalue weighted by Crippen LogP contribution is -2.51. The Morgan fingerprint density at radius 3 is 2.54 bits per heavy atom. The monoisotopic (exact) mass is 480 g/mol. The van der Waals surface area contributed by atoms with Crippen molar-refractivity contribution >= 4 is 11.8 Å². The molecule has 2 aliphatic rings. The van der Waals surface area contributed by atoms with E-state index in [1.807, 2.05) is 34.1 Å². The van der Waals surface area contributed by atoms with E-state index in [0.717, 1.165) is 70.9 Å². The Labute approximate surface area is 208 Å². The zero-order valence-electron chi connectivity index (χ0n) is 20.8. The van der Waals surface area contributed by atoms with Crippen molar-refractivity contribution in [3.05, 3.63) is 65.5 Å². The average Bonchev–Trinajstić information content (AvgIpc) is 2.87. The molecule has 188 valence electrons. The van der Waals surface area contributed by atoms with E-state index in [1.165, 1.54) is 12.1 Å². The zero-order valence-corrected chi connectivity index (χ0v) is 20.8. The van der Waals surface area contributed by atoms with Crippen LogP contribution in [-0.4, -0.2) is 53.4 Å². The van der Waals surface area contributed by atoms with Crippen LogP contribution < -0.4 is 4.74 Å². The van der Waals surface area contributed by atoms with E-state index >= 15 is 0 Å². The second-order valence-electron chi connectivity index (χ2n) is 9.72. The van der Waals surface area contributed by atoms with Gasteiger partial charge < -0.3 is 14.5 Å². The minimum atomic E-state index is -0.404. The number of ether oxygens (including phenoxy) is 1. The lowest BCUT2D eigenvalue weighted by Gasteiger charge is -2.40. The summed E-state index contributed by atoms with van der Waals surface area (Å²) in [6.45, 7) is 4.17. The van der Waals surface area contributed by atoms with Crippen LogP contribution in [0.25, 0.3) is 0 Å². The summed E-state index contributed by atoms with van der Waals surface area (Å²) in [5.74, 6) is 0.0549. The van der Waals surface area contributed by atoms with E-state index in [-0.39, 0.29) is 24.0 Å². The summed E-state index contributed by atoms with van der Waals surface area (Å²) >= 11 is 0. The number of halogens is 1. The summed E-state index contributed by atoms with van der Waals surface area (Å²) in [5.41, 5.74) is 0.964. The van der Waals surface area contributed by atoms with Crippen LogP contribution >= 0.6 is 0 Å². The third kappa shape index (κ3) is 6.22. The molecular formula is C29H37FN2O3. The van der Waals surface area contributed by atoms with Crippen LogP contribution in [0.5, 0.6) is 5.75 Å². The Kier molecular flexibility index (Phi) is 8.78. The first-order chi connectivity index (χ1) is 17.1. The van der Waals surface area contributed by atoms with Crippen LogP contribution in [0.15, 0.2) is 48.5 Å². The number of carbonyl (C=O) groups is 2. The minimum absolute atomic E-state index is 0.0135. The number of para-hydroxylation sites is 1. The smallest absolute Gasteiger partial charge is 0.257 e. The van der Waals surface area contributed by atoms with Crippen molar-refractivity contribution < 1.29 is 18.7 Å². The molecule has 1 aliphatic carbocycles. The predicted octanol–water partition coefficient (Wildman–Crippen LogP) is 6.08. The van der Waals surface area contributed by atoms with Crippen molar-refractivity contribution in [1.29, 1.82) is 0 Å². The highest BCUT2D eigenvalue weighted by atomic mass is 19.1. The normalized spacial score (nSPS) is 21.9. The minimum Gasteiger partial charge on any atom is -0.487 e. The van der Waals surface area contributed by atoms with Gasteiger partial charge in [0, 0.05) is 25.2 Å².